The number of aliphatic hydroxyl groups excluding tert-OH is 1. The molecular formula is C15H22N2O2. The zero-order chi connectivity index (χ0) is 13.7. The number of hydrogen-bond acceptors (Lipinski definition) is 3. The van der Waals surface area contributed by atoms with Crippen molar-refractivity contribution in [1.82, 2.24) is 0 Å². The Balaban J connectivity index is 1.90. The molecule has 19 heavy (non-hydrogen) atoms. The fourth-order valence-corrected chi connectivity index (χ4v) is 2.59. The predicted molar refractivity (Wildman–Crippen MR) is 75.8 cm³/mol. The molecule has 1 saturated carbocycles. The Morgan fingerprint density at radius 2 is 2.05 bits per heavy atom. The van der Waals surface area contributed by atoms with E-state index in [1.807, 2.05) is 24.3 Å². The van der Waals surface area contributed by atoms with Crippen molar-refractivity contribution >= 4 is 11.6 Å². The van der Waals surface area contributed by atoms with Gasteiger partial charge in [0.2, 0.25) is 5.91 Å². The number of aliphatic hydroxyl groups is 1. The van der Waals surface area contributed by atoms with Gasteiger partial charge < -0.3 is 16.2 Å². The van der Waals surface area contributed by atoms with Gasteiger partial charge in [0.15, 0.2) is 0 Å². The van der Waals surface area contributed by atoms with E-state index < -0.39 is 0 Å². The number of rotatable bonds is 4. The minimum atomic E-state index is 0.0425. The summed E-state index contributed by atoms with van der Waals surface area (Å²) in [6.45, 7) is 0.145. The number of nitrogens with one attached hydrogen (secondary N) is 1. The molecule has 0 spiro atoms. The van der Waals surface area contributed by atoms with Gasteiger partial charge >= 0.3 is 0 Å². The number of carbonyl (C=O) groups excluding carboxylic acids is 1. The summed E-state index contributed by atoms with van der Waals surface area (Å²) in [6.07, 6.45) is 4.43. The van der Waals surface area contributed by atoms with Crippen LogP contribution in [0.2, 0.25) is 0 Å². The van der Waals surface area contributed by atoms with E-state index in [-0.39, 0.29) is 24.5 Å². The molecule has 0 aliphatic heterocycles. The Hall–Kier alpha value is -1.39. The molecule has 4 nitrogen and oxygen atoms in total. The molecule has 0 aromatic heterocycles. The molecule has 1 aromatic carbocycles. The molecule has 1 aromatic rings. The van der Waals surface area contributed by atoms with Crippen LogP contribution >= 0.6 is 0 Å². The van der Waals surface area contributed by atoms with Crippen LogP contribution < -0.4 is 11.1 Å². The Labute approximate surface area is 114 Å². The average Bonchev–Trinajstić information content (AvgIpc) is 2.41. The number of nitrogens with two attached hydrogens (primary N) is 1. The maximum Gasteiger partial charge on any atom is 0.227 e. The molecule has 1 fully saturated rings. The number of carbonyl (C=O) groups is 1. The summed E-state index contributed by atoms with van der Waals surface area (Å²) in [7, 11) is 0. The summed E-state index contributed by atoms with van der Waals surface area (Å²) < 4.78 is 0. The van der Waals surface area contributed by atoms with E-state index in [4.69, 9.17) is 10.8 Å². The minimum absolute atomic E-state index is 0.0425. The summed E-state index contributed by atoms with van der Waals surface area (Å²) in [5.74, 6) is 0.117. The van der Waals surface area contributed by atoms with Crippen molar-refractivity contribution < 1.29 is 9.90 Å². The van der Waals surface area contributed by atoms with Gasteiger partial charge in [0.25, 0.3) is 0 Å². The molecule has 2 rings (SSSR count). The highest BCUT2D eigenvalue weighted by Crippen LogP contribution is 2.24. The molecular weight excluding hydrogens is 240 g/mol. The van der Waals surface area contributed by atoms with Gasteiger partial charge in [-0.05, 0) is 43.4 Å². The predicted octanol–water partition coefficient (Wildman–Crippen LogP) is 1.68. The Morgan fingerprint density at radius 3 is 2.68 bits per heavy atom. The van der Waals surface area contributed by atoms with Crippen LogP contribution in [0.1, 0.15) is 31.2 Å². The Bertz CT molecular complexity index is 417. The topological polar surface area (TPSA) is 75.4 Å². The summed E-state index contributed by atoms with van der Waals surface area (Å²) in [4.78, 5) is 12.1. The van der Waals surface area contributed by atoms with Crippen LogP contribution in [0.4, 0.5) is 5.69 Å². The van der Waals surface area contributed by atoms with Crippen molar-refractivity contribution in [1.29, 1.82) is 0 Å². The lowest BCUT2D eigenvalue weighted by molar-refractivity contribution is -0.120. The zero-order valence-corrected chi connectivity index (χ0v) is 11.1. The smallest absolute Gasteiger partial charge is 0.227 e. The first-order chi connectivity index (χ1) is 9.19. The van der Waals surface area contributed by atoms with Gasteiger partial charge in [-0.1, -0.05) is 18.6 Å². The quantitative estimate of drug-likeness (QED) is 0.772. The number of anilines is 1. The third-order valence-corrected chi connectivity index (χ3v) is 3.71. The van der Waals surface area contributed by atoms with Crippen molar-refractivity contribution in [2.75, 3.05) is 11.9 Å². The van der Waals surface area contributed by atoms with Crippen molar-refractivity contribution in [3.63, 3.8) is 0 Å². The van der Waals surface area contributed by atoms with Gasteiger partial charge in [-0.15, -0.1) is 0 Å². The van der Waals surface area contributed by atoms with Crippen LogP contribution in [-0.2, 0) is 11.2 Å². The van der Waals surface area contributed by atoms with Crippen molar-refractivity contribution in [2.45, 2.75) is 38.1 Å². The summed E-state index contributed by atoms with van der Waals surface area (Å²) in [5.41, 5.74) is 7.79. The average molecular weight is 262 g/mol. The first-order valence-electron chi connectivity index (χ1n) is 6.95. The molecule has 2 unspecified atom stereocenters. The van der Waals surface area contributed by atoms with Crippen molar-refractivity contribution in [3.05, 3.63) is 29.8 Å². The standard InChI is InChI=1S/C15H22N2O2/c16-13-3-1-2-12(10-13)15(19)17-14-6-4-11(5-7-14)8-9-18/h4-7,12-13,18H,1-3,8-10,16H2,(H,17,19). The fraction of sp³-hybridized carbons (Fsp3) is 0.533. The highest BCUT2D eigenvalue weighted by molar-refractivity contribution is 5.92. The Morgan fingerprint density at radius 1 is 1.32 bits per heavy atom. The highest BCUT2D eigenvalue weighted by atomic mass is 16.2. The molecule has 0 heterocycles. The Kier molecular flexibility index (Phi) is 4.93. The maximum atomic E-state index is 12.1. The lowest BCUT2D eigenvalue weighted by Crippen LogP contribution is -2.34. The van der Waals surface area contributed by atoms with Crippen LogP contribution in [0, 0.1) is 5.92 Å². The molecule has 1 aliphatic rings. The second kappa shape index (κ2) is 6.68. The molecule has 104 valence electrons. The molecule has 1 amide bonds. The van der Waals surface area contributed by atoms with Gasteiger partial charge in [0, 0.05) is 24.3 Å². The first kappa shape index (κ1) is 14.0. The zero-order valence-electron chi connectivity index (χ0n) is 11.1. The van der Waals surface area contributed by atoms with Crippen molar-refractivity contribution in [3.8, 4) is 0 Å². The second-order valence-electron chi connectivity index (χ2n) is 5.28. The van der Waals surface area contributed by atoms with Gasteiger partial charge in [0.1, 0.15) is 0 Å². The van der Waals surface area contributed by atoms with Crippen LogP contribution in [0.3, 0.4) is 0 Å². The minimum Gasteiger partial charge on any atom is -0.396 e. The van der Waals surface area contributed by atoms with Crippen molar-refractivity contribution in [2.24, 2.45) is 11.7 Å². The monoisotopic (exact) mass is 262 g/mol. The molecule has 2 atom stereocenters. The van der Waals surface area contributed by atoms with Gasteiger partial charge in [-0.2, -0.15) is 0 Å². The van der Waals surface area contributed by atoms with Crippen LogP contribution in [0.15, 0.2) is 24.3 Å². The van der Waals surface area contributed by atoms with E-state index in [0.29, 0.717) is 6.42 Å². The van der Waals surface area contributed by atoms with Gasteiger partial charge in [0.05, 0.1) is 0 Å². The summed E-state index contributed by atoms with van der Waals surface area (Å²) in [5, 5.41) is 11.8. The van der Waals surface area contributed by atoms with E-state index in [1.54, 1.807) is 0 Å². The molecule has 1 aliphatic carbocycles. The fourth-order valence-electron chi connectivity index (χ4n) is 2.59. The van der Waals surface area contributed by atoms with E-state index >= 15 is 0 Å². The largest absolute Gasteiger partial charge is 0.396 e. The van der Waals surface area contributed by atoms with Crippen LogP contribution in [-0.4, -0.2) is 23.7 Å². The number of amides is 1. The SMILES string of the molecule is NC1CCCC(C(=O)Nc2ccc(CCO)cc2)C1. The first-order valence-corrected chi connectivity index (χ1v) is 6.95. The highest BCUT2D eigenvalue weighted by Gasteiger charge is 2.25. The van der Waals surface area contributed by atoms with Crippen LogP contribution in [0.25, 0.3) is 0 Å². The van der Waals surface area contributed by atoms with E-state index in [1.165, 1.54) is 0 Å². The van der Waals surface area contributed by atoms with E-state index in [2.05, 4.69) is 5.32 Å². The number of benzene rings is 1. The molecule has 4 heteroatoms. The maximum absolute atomic E-state index is 12.1. The second-order valence-corrected chi connectivity index (χ2v) is 5.28. The molecule has 0 saturated heterocycles. The lowest BCUT2D eigenvalue weighted by Gasteiger charge is -2.25. The van der Waals surface area contributed by atoms with E-state index in [0.717, 1.165) is 36.9 Å². The lowest BCUT2D eigenvalue weighted by atomic mass is 9.85. The van der Waals surface area contributed by atoms with Gasteiger partial charge in [-0.3, -0.25) is 4.79 Å². The van der Waals surface area contributed by atoms with Gasteiger partial charge in [-0.25, -0.2) is 0 Å². The molecule has 4 N–H and O–H groups in total. The number of hydrogen-bond donors (Lipinski definition) is 3. The normalized spacial score (nSPS) is 23.1. The third-order valence-electron chi connectivity index (χ3n) is 3.71. The van der Waals surface area contributed by atoms with E-state index in [9.17, 15) is 4.79 Å². The van der Waals surface area contributed by atoms with Crippen LogP contribution in [0.5, 0.6) is 0 Å². The molecule has 0 bridgehead atoms. The summed E-state index contributed by atoms with van der Waals surface area (Å²) >= 11 is 0. The third kappa shape index (κ3) is 4.04. The molecule has 0 radical (unpaired) electrons. The summed E-state index contributed by atoms with van der Waals surface area (Å²) in [6, 6.07) is 7.78.